The van der Waals surface area contributed by atoms with Crippen LogP contribution in [0.1, 0.15) is 114 Å². The SMILES string of the molecule is NC1=NCCC(CC[C@@H]2NC(=O)[C@H](CCCCNC(=O)CC[C@H](N)C(=O)NCCCC[C@H]3NC(=O)[C@H](Cc4ccccc4)NC(=O)[C@H](CC(=O)O)NC(=O)CNC(=O)[C@H](CCC4CCN=C(N)N4)NC3=O)NC(=O)[C@H](Cc3ccccc3)NC(=O)[C@H](CC(=O)O)NC(=O)CNC2=O)N1. The number of aliphatic carboxylic acids is 2. The summed E-state index contributed by atoms with van der Waals surface area (Å²) in [6.45, 7) is -0.430. The number of rotatable bonds is 28. The second-order valence-electron chi connectivity index (χ2n) is 24.3. The van der Waals surface area contributed by atoms with Crippen LogP contribution in [0.4, 0.5) is 0 Å². The van der Waals surface area contributed by atoms with Crippen LogP contribution in [-0.2, 0) is 80.0 Å². The van der Waals surface area contributed by atoms with Gasteiger partial charge in [0.05, 0.1) is 32.0 Å². The van der Waals surface area contributed by atoms with Gasteiger partial charge in [-0.3, -0.25) is 77.1 Å². The lowest BCUT2D eigenvalue weighted by Crippen LogP contribution is -2.58. The standard InChI is InChI=1S/C63H91N19O16/c64-39(53(90)68-26-10-8-16-41-57(94)80-43(21-18-38-24-28-70-63(66)74-38)55(92)72-34-50(85)76-47(32-52(88)89)61(98)82-45(59(96)78-41)30-36-13-5-2-6-14-36)19-22-48(83)67-25-9-7-15-40-56(93)79-42(20-17-37-23-27-69-62(65)73-37)54(91)71-33-49(84)75-46(31-51(86)87)60(97)81-44(58(95)77-40)29-35-11-3-1-4-12-35/h1-6,11-14,37-47H,7-10,15-34,64H2,(H,67,83)(H,68,90)(H,71,91)(H,72,92)(H,75,84)(H,76,85)(H,77,95)(H,78,96)(H,79,93)(H,80,94)(H,81,97)(H,82,98)(H,86,87)(H,88,89)(H3,65,69,73)(H3,66,70,74)/t37?,38?,39-,40-,41+,42-,43-,44-,45-,46-,47-/m0/s1. The Labute approximate surface area is 564 Å². The molecular formula is C63H91N19O16. The van der Waals surface area contributed by atoms with Crippen molar-refractivity contribution in [2.24, 2.45) is 27.2 Å². The normalized spacial score (nSPS) is 24.4. The van der Waals surface area contributed by atoms with E-state index in [4.69, 9.17) is 17.2 Å². The van der Waals surface area contributed by atoms with E-state index in [0.29, 0.717) is 49.9 Å². The zero-order valence-electron chi connectivity index (χ0n) is 54.3. The van der Waals surface area contributed by atoms with Gasteiger partial charge in [0.15, 0.2) is 11.9 Å². The Kier molecular flexibility index (Phi) is 30.9. The summed E-state index contributed by atoms with van der Waals surface area (Å²) in [6, 6.07) is 4.15. The molecule has 6 rings (SSSR count). The van der Waals surface area contributed by atoms with Crippen LogP contribution in [0.3, 0.4) is 0 Å². The molecule has 4 heterocycles. The molecule has 534 valence electrons. The number of carbonyl (C=O) groups excluding carboxylic acids is 12. The topological polar surface area (TPSA) is 551 Å². The van der Waals surface area contributed by atoms with E-state index in [9.17, 15) is 77.3 Å². The number of unbranched alkanes of at least 4 members (excludes halogenated alkanes) is 2. The van der Waals surface area contributed by atoms with Crippen LogP contribution in [0.2, 0.25) is 0 Å². The molecule has 11 atom stereocenters. The Morgan fingerprint density at radius 1 is 0.449 bits per heavy atom. The molecule has 0 saturated carbocycles. The summed E-state index contributed by atoms with van der Waals surface area (Å²) in [5, 5.41) is 56.2. The molecular weight excluding hydrogens is 1280 g/mol. The zero-order valence-corrected chi connectivity index (χ0v) is 54.3. The van der Waals surface area contributed by atoms with Crippen LogP contribution in [0.15, 0.2) is 70.6 Å². The number of hydrogen-bond acceptors (Lipinski definition) is 21. The molecule has 0 aliphatic carbocycles. The van der Waals surface area contributed by atoms with Crippen molar-refractivity contribution in [2.75, 3.05) is 39.3 Å². The average molecular weight is 1370 g/mol. The van der Waals surface area contributed by atoms with Crippen molar-refractivity contribution in [3.8, 4) is 0 Å². The van der Waals surface area contributed by atoms with Crippen molar-refractivity contribution in [1.29, 1.82) is 0 Å². The van der Waals surface area contributed by atoms with Crippen molar-refractivity contribution >= 4 is 94.7 Å². The van der Waals surface area contributed by atoms with Crippen LogP contribution in [-0.4, -0.2) is 211 Å². The summed E-state index contributed by atoms with van der Waals surface area (Å²) in [4.78, 5) is 196. The smallest absolute Gasteiger partial charge is 0.305 e. The van der Waals surface area contributed by atoms with Crippen molar-refractivity contribution in [2.45, 2.75) is 182 Å². The Morgan fingerprint density at radius 3 is 1.21 bits per heavy atom. The third-order valence-electron chi connectivity index (χ3n) is 16.6. The van der Waals surface area contributed by atoms with Gasteiger partial charge in [-0.05, 0) is 94.6 Å². The van der Waals surface area contributed by atoms with Gasteiger partial charge in [0.1, 0.15) is 48.3 Å². The number of carboxylic acids is 2. The Morgan fingerprint density at radius 2 is 0.816 bits per heavy atom. The fraction of sp³-hybridized carbons (Fsp3) is 0.556. The fourth-order valence-corrected chi connectivity index (χ4v) is 11.2. The number of carboxylic acid groups (broad SMARTS) is 2. The van der Waals surface area contributed by atoms with E-state index >= 15 is 0 Å². The molecule has 12 amide bonds. The van der Waals surface area contributed by atoms with Crippen molar-refractivity contribution < 1.29 is 77.3 Å². The number of aliphatic imine (C=N–C) groups is 2. The molecule has 0 radical (unpaired) electrons. The lowest BCUT2D eigenvalue weighted by molar-refractivity contribution is -0.141. The highest BCUT2D eigenvalue weighted by Gasteiger charge is 2.36. The highest BCUT2D eigenvalue weighted by molar-refractivity contribution is 6.00. The van der Waals surface area contributed by atoms with E-state index < -0.39 is 163 Å². The molecule has 2 fully saturated rings. The lowest BCUT2D eigenvalue weighted by atomic mass is 10.0. The first-order valence-electron chi connectivity index (χ1n) is 32.8. The van der Waals surface area contributed by atoms with E-state index in [1.54, 1.807) is 60.7 Å². The molecule has 35 nitrogen and oxygen atoms in total. The highest BCUT2D eigenvalue weighted by atomic mass is 16.4. The van der Waals surface area contributed by atoms with Crippen LogP contribution >= 0.6 is 0 Å². The maximum atomic E-state index is 14.3. The first-order chi connectivity index (χ1) is 46.9. The predicted octanol–water partition coefficient (Wildman–Crippen LogP) is -5.85. The summed E-state index contributed by atoms with van der Waals surface area (Å²) < 4.78 is 0. The Hall–Kier alpha value is -10.5. The van der Waals surface area contributed by atoms with Crippen molar-refractivity contribution in [3.63, 3.8) is 0 Å². The summed E-state index contributed by atoms with van der Waals surface area (Å²) in [5.41, 5.74) is 19.2. The summed E-state index contributed by atoms with van der Waals surface area (Å²) >= 11 is 0. The van der Waals surface area contributed by atoms with Crippen LogP contribution in [0.25, 0.3) is 0 Å². The van der Waals surface area contributed by atoms with Gasteiger partial charge < -0.3 is 102 Å². The molecule has 2 aromatic rings. The first kappa shape index (κ1) is 76.5. The van der Waals surface area contributed by atoms with E-state index in [1.807, 2.05) is 0 Å². The van der Waals surface area contributed by atoms with Gasteiger partial charge >= 0.3 is 11.9 Å². The summed E-state index contributed by atoms with van der Waals surface area (Å²) in [6.07, 6.45) is 0.420. The van der Waals surface area contributed by atoms with Crippen LogP contribution in [0, 0.1) is 0 Å². The van der Waals surface area contributed by atoms with Gasteiger partial charge in [-0.15, -0.1) is 0 Å². The lowest BCUT2D eigenvalue weighted by Gasteiger charge is -2.27. The Balaban J connectivity index is 1.05. The predicted molar refractivity (Wildman–Crippen MR) is 352 cm³/mol. The number of nitrogens with one attached hydrogen (secondary N) is 14. The van der Waals surface area contributed by atoms with E-state index in [1.165, 1.54) is 0 Å². The minimum atomic E-state index is -1.67. The molecule has 2 aromatic carbocycles. The second kappa shape index (κ2) is 39.5. The zero-order chi connectivity index (χ0) is 71.1. The molecule has 0 bridgehead atoms. The van der Waals surface area contributed by atoms with Gasteiger partial charge in [-0.25, -0.2) is 0 Å². The van der Waals surface area contributed by atoms with E-state index in [0.717, 1.165) is 0 Å². The third-order valence-corrected chi connectivity index (χ3v) is 16.6. The molecule has 0 spiro atoms. The maximum Gasteiger partial charge on any atom is 0.305 e. The van der Waals surface area contributed by atoms with E-state index in [2.05, 4.69) is 84.4 Å². The molecule has 2 saturated heterocycles. The fourth-order valence-electron chi connectivity index (χ4n) is 11.2. The van der Waals surface area contributed by atoms with Crippen molar-refractivity contribution in [3.05, 3.63) is 71.8 Å². The molecule has 98 heavy (non-hydrogen) atoms. The van der Waals surface area contributed by atoms with E-state index in [-0.39, 0.29) is 114 Å². The summed E-state index contributed by atoms with van der Waals surface area (Å²) in [5.74, 6) is -12.2. The third kappa shape index (κ3) is 27.0. The van der Waals surface area contributed by atoms with Gasteiger partial charge in [-0.1, -0.05) is 60.7 Å². The second-order valence-corrected chi connectivity index (χ2v) is 24.3. The van der Waals surface area contributed by atoms with Gasteiger partial charge in [-0.2, -0.15) is 0 Å². The minimum absolute atomic E-state index is 0.0370. The molecule has 22 N–H and O–H groups in total. The number of hydrogen-bond donors (Lipinski definition) is 19. The number of amides is 12. The number of guanidine groups is 2. The molecule has 0 aromatic heterocycles. The first-order valence-corrected chi connectivity index (χ1v) is 32.8. The average Bonchev–Trinajstić information content (AvgIpc) is 1.32. The highest BCUT2D eigenvalue weighted by Crippen LogP contribution is 2.15. The maximum absolute atomic E-state index is 14.3. The molecule has 2 unspecified atom stereocenters. The minimum Gasteiger partial charge on any atom is -0.481 e. The Bertz CT molecular complexity index is 3210. The molecule has 4 aliphatic rings. The number of nitrogens with two attached hydrogens (primary N) is 3. The number of carbonyl (C=O) groups is 14. The number of nitrogens with zero attached hydrogens (tertiary/aromatic N) is 2. The number of benzene rings is 2. The van der Waals surface area contributed by atoms with Gasteiger partial charge in [0, 0.05) is 57.5 Å². The van der Waals surface area contributed by atoms with Crippen LogP contribution < -0.4 is 91.6 Å². The molecule has 4 aliphatic heterocycles. The quantitative estimate of drug-likeness (QED) is 0.0353. The largest absolute Gasteiger partial charge is 0.481 e. The van der Waals surface area contributed by atoms with Crippen LogP contribution in [0.5, 0.6) is 0 Å². The van der Waals surface area contributed by atoms with Gasteiger partial charge in [0.25, 0.3) is 0 Å². The monoisotopic (exact) mass is 1370 g/mol. The van der Waals surface area contributed by atoms with Gasteiger partial charge in [0.2, 0.25) is 70.9 Å². The molecule has 35 heteroatoms. The summed E-state index contributed by atoms with van der Waals surface area (Å²) in [7, 11) is 0. The van der Waals surface area contributed by atoms with Crippen molar-refractivity contribution in [1.82, 2.24) is 74.4 Å².